The Morgan fingerprint density at radius 2 is 1.03 bits per heavy atom. The molecule has 0 aliphatic heterocycles. The third kappa shape index (κ3) is 17.8. The number of unbranched alkanes of at least 4 members (excludes halogenated alkanes) is 18. The van der Waals surface area contributed by atoms with Crippen molar-refractivity contribution in [2.45, 2.75) is 156 Å². The van der Waals surface area contributed by atoms with E-state index in [-0.39, 0.29) is 5.91 Å². The Balaban J connectivity index is 2.39. The van der Waals surface area contributed by atoms with Crippen molar-refractivity contribution in [2.75, 3.05) is 23.3 Å². The van der Waals surface area contributed by atoms with Gasteiger partial charge >= 0.3 is 0 Å². The van der Waals surface area contributed by atoms with Gasteiger partial charge in [-0.15, -0.1) is 0 Å². The first kappa shape index (κ1) is 32.5. The summed E-state index contributed by atoms with van der Waals surface area (Å²) < 4.78 is 0. The van der Waals surface area contributed by atoms with Crippen molar-refractivity contribution in [3.8, 4) is 0 Å². The summed E-state index contributed by atoms with van der Waals surface area (Å²) in [7, 11) is 0. The average Bonchev–Trinajstić information content (AvgIpc) is 2.89. The van der Waals surface area contributed by atoms with Crippen LogP contribution in [0.25, 0.3) is 0 Å². The molecule has 3 nitrogen and oxygen atoms in total. The van der Waals surface area contributed by atoms with Crippen molar-refractivity contribution in [3.63, 3.8) is 0 Å². The number of carbonyl (C=O) groups excluding carboxylic acids is 1. The molecular formula is C33H60N2O. The molecule has 0 saturated carbocycles. The summed E-state index contributed by atoms with van der Waals surface area (Å²) in [6.45, 7) is 8.73. The van der Waals surface area contributed by atoms with Crippen LogP contribution in [0.4, 0.5) is 11.4 Å². The molecule has 0 fully saturated rings. The number of hydrogen-bond donors (Lipinski definition) is 1. The van der Waals surface area contributed by atoms with E-state index in [4.69, 9.17) is 0 Å². The van der Waals surface area contributed by atoms with Crippen molar-refractivity contribution in [1.82, 2.24) is 0 Å². The van der Waals surface area contributed by atoms with E-state index in [0.717, 1.165) is 18.8 Å². The van der Waals surface area contributed by atoms with E-state index in [9.17, 15) is 4.79 Å². The first-order valence-electron chi connectivity index (χ1n) is 15.9. The molecule has 1 amide bonds. The monoisotopic (exact) mass is 500 g/mol. The maximum Gasteiger partial charge on any atom is 0.224 e. The first-order valence-corrected chi connectivity index (χ1v) is 15.9. The highest BCUT2D eigenvalue weighted by Crippen LogP contribution is 2.22. The molecule has 0 radical (unpaired) electrons. The van der Waals surface area contributed by atoms with Crippen LogP contribution in [0.2, 0.25) is 0 Å². The lowest BCUT2D eigenvalue weighted by atomic mass is 10.1. The molecule has 1 rings (SSSR count). The minimum atomic E-state index is 0.0862. The Bertz CT molecular complexity index is 606. The van der Waals surface area contributed by atoms with Gasteiger partial charge in [0.25, 0.3) is 0 Å². The second-order valence-corrected chi connectivity index (χ2v) is 10.8. The van der Waals surface area contributed by atoms with Crippen molar-refractivity contribution in [1.29, 1.82) is 0 Å². The molecule has 0 saturated heterocycles. The van der Waals surface area contributed by atoms with Gasteiger partial charge in [0, 0.05) is 30.9 Å². The number of anilines is 2. The van der Waals surface area contributed by atoms with Crippen LogP contribution in [-0.2, 0) is 4.79 Å². The van der Waals surface area contributed by atoms with Crippen LogP contribution >= 0.6 is 0 Å². The Morgan fingerprint density at radius 1 is 0.611 bits per heavy atom. The Morgan fingerprint density at radius 3 is 1.44 bits per heavy atom. The third-order valence-corrected chi connectivity index (χ3v) is 7.38. The van der Waals surface area contributed by atoms with Gasteiger partial charge in [0.2, 0.25) is 5.91 Å². The highest BCUT2D eigenvalue weighted by Gasteiger charge is 2.08. The highest BCUT2D eigenvalue weighted by atomic mass is 16.1. The normalized spacial score (nSPS) is 11.1. The van der Waals surface area contributed by atoms with Crippen LogP contribution in [0, 0.1) is 0 Å². The van der Waals surface area contributed by atoms with Crippen LogP contribution in [0.5, 0.6) is 0 Å². The summed E-state index contributed by atoms with van der Waals surface area (Å²) in [5.74, 6) is 0.0862. The van der Waals surface area contributed by atoms with Crippen LogP contribution in [0.1, 0.15) is 156 Å². The molecular weight excluding hydrogens is 440 g/mol. The Kier molecular flexibility index (Phi) is 21.6. The van der Waals surface area contributed by atoms with Gasteiger partial charge in [0.15, 0.2) is 0 Å². The molecule has 208 valence electrons. The Labute approximate surface area is 225 Å². The fraction of sp³-hybridized carbons (Fsp3) is 0.788. The zero-order valence-corrected chi connectivity index (χ0v) is 24.4. The molecule has 1 N–H and O–H groups in total. The van der Waals surface area contributed by atoms with Crippen molar-refractivity contribution >= 4 is 17.3 Å². The quantitative estimate of drug-likeness (QED) is 0.135. The van der Waals surface area contributed by atoms with Gasteiger partial charge in [-0.3, -0.25) is 4.79 Å². The van der Waals surface area contributed by atoms with Crippen molar-refractivity contribution < 1.29 is 4.79 Å². The number of hydrogen-bond acceptors (Lipinski definition) is 2. The summed E-state index contributed by atoms with van der Waals surface area (Å²) in [6, 6.07) is 8.48. The SMILES string of the molecule is CCCCCCCCCCCCN(CCCCCCCCCCCC)c1cccc(NC(=O)CC)c1. The second kappa shape index (κ2) is 23.9. The fourth-order valence-electron chi connectivity index (χ4n) is 4.98. The van der Waals surface area contributed by atoms with E-state index in [1.54, 1.807) is 0 Å². The first-order chi connectivity index (χ1) is 17.7. The molecule has 0 atom stereocenters. The van der Waals surface area contributed by atoms with E-state index < -0.39 is 0 Å². The molecule has 0 aliphatic rings. The van der Waals surface area contributed by atoms with Gasteiger partial charge in [0.1, 0.15) is 0 Å². The molecule has 0 spiro atoms. The molecule has 3 heteroatoms. The number of benzene rings is 1. The smallest absolute Gasteiger partial charge is 0.224 e. The molecule has 0 bridgehead atoms. The molecule has 0 unspecified atom stereocenters. The summed E-state index contributed by atoms with van der Waals surface area (Å²) in [5, 5.41) is 3.04. The zero-order valence-electron chi connectivity index (χ0n) is 24.4. The number of nitrogens with one attached hydrogen (secondary N) is 1. The van der Waals surface area contributed by atoms with Gasteiger partial charge < -0.3 is 10.2 Å². The van der Waals surface area contributed by atoms with Gasteiger partial charge in [-0.1, -0.05) is 142 Å². The third-order valence-electron chi connectivity index (χ3n) is 7.38. The molecule has 1 aromatic carbocycles. The molecule has 0 aliphatic carbocycles. The number of nitrogens with zero attached hydrogens (tertiary/aromatic N) is 1. The standard InChI is InChI=1S/C33H60N2O/c1-4-7-9-11-13-15-17-19-21-23-28-35(29-24-22-20-18-16-14-12-10-8-5-2)32-27-25-26-31(30-32)34-33(36)6-3/h25-27,30H,4-24,28-29H2,1-3H3,(H,34,36). The average molecular weight is 501 g/mol. The number of rotatable bonds is 25. The topological polar surface area (TPSA) is 32.3 Å². The van der Waals surface area contributed by atoms with Crippen LogP contribution in [0.15, 0.2) is 24.3 Å². The molecule has 36 heavy (non-hydrogen) atoms. The molecule has 0 aromatic heterocycles. The van der Waals surface area contributed by atoms with Crippen LogP contribution < -0.4 is 10.2 Å². The lowest BCUT2D eigenvalue weighted by Crippen LogP contribution is -2.26. The van der Waals surface area contributed by atoms with Gasteiger partial charge in [0.05, 0.1) is 0 Å². The van der Waals surface area contributed by atoms with E-state index in [2.05, 4.69) is 42.3 Å². The van der Waals surface area contributed by atoms with Crippen molar-refractivity contribution in [3.05, 3.63) is 24.3 Å². The fourth-order valence-corrected chi connectivity index (χ4v) is 4.98. The molecule has 0 heterocycles. The number of carbonyl (C=O) groups is 1. The summed E-state index contributed by atoms with van der Waals surface area (Å²) in [4.78, 5) is 14.4. The Hall–Kier alpha value is -1.51. The molecule has 1 aromatic rings. The lowest BCUT2D eigenvalue weighted by Gasteiger charge is -2.26. The van der Waals surface area contributed by atoms with Crippen molar-refractivity contribution in [2.24, 2.45) is 0 Å². The predicted octanol–water partition coefficient (Wildman–Crippen LogP) is 10.7. The maximum atomic E-state index is 11.9. The summed E-state index contributed by atoms with van der Waals surface area (Å²) >= 11 is 0. The maximum absolute atomic E-state index is 11.9. The van der Waals surface area contributed by atoms with E-state index in [0.29, 0.717) is 6.42 Å². The van der Waals surface area contributed by atoms with E-state index >= 15 is 0 Å². The van der Waals surface area contributed by atoms with Gasteiger partial charge in [-0.25, -0.2) is 0 Å². The minimum Gasteiger partial charge on any atom is -0.371 e. The number of amides is 1. The van der Waals surface area contributed by atoms with Crippen LogP contribution in [0.3, 0.4) is 0 Å². The minimum absolute atomic E-state index is 0.0862. The summed E-state index contributed by atoms with van der Waals surface area (Å²) in [6.07, 6.45) is 28.0. The highest BCUT2D eigenvalue weighted by molar-refractivity contribution is 5.91. The van der Waals surface area contributed by atoms with Gasteiger partial charge in [-0.2, -0.15) is 0 Å². The van der Waals surface area contributed by atoms with E-state index in [1.807, 2.05) is 13.0 Å². The van der Waals surface area contributed by atoms with Crippen LogP contribution in [-0.4, -0.2) is 19.0 Å². The largest absolute Gasteiger partial charge is 0.371 e. The second-order valence-electron chi connectivity index (χ2n) is 10.8. The predicted molar refractivity (Wildman–Crippen MR) is 161 cm³/mol. The van der Waals surface area contributed by atoms with E-state index in [1.165, 1.54) is 134 Å². The zero-order chi connectivity index (χ0) is 26.1. The lowest BCUT2D eigenvalue weighted by molar-refractivity contribution is -0.115. The van der Waals surface area contributed by atoms with Gasteiger partial charge in [-0.05, 0) is 31.0 Å². The summed E-state index contributed by atoms with van der Waals surface area (Å²) in [5.41, 5.74) is 2.19.